The van der Waals surface area contributed by atoms with Crippen LogP contribution in [0.3, 0.4) is 0 Å². The molecule has 0 bridgehead atoms. The Labute approximate surface area is 199 Å². The van der Waals surface area contributed by atoms with Crippen LogP contribution in [0.4, 0.5) is 5.69 Å². The molecule has 1 N–H and O–H groups in total. The number of anilines is 1. The van der Waals surface area contributed by atoms with E-state index in [-0.39, 0.29) is 17.2 Å². The number of nitrogens with one attached hydrogen (secondary N) is 1. The maximum absolute atomic E-state index is 12.9. The summed E-state index contributed by atoms with van der Waals surface area (Å²) in [5, 5.41) is 16.3. The second-order valence-electron chi connectivity index (χ2n) is 8.56. The number of hydrogen-bond donors (Lipinski definition) is 1. The van der Waals surface area contributed by atoms with Crippen molar-refractivity contribution in [3.63, 3.8) is 0 Å². The lowest BCUT2D eigenvalue weighted by Gasteiger charge is -2.20. The van der Waals surface area contributed by atoms with Crippen molar-refractivity contribution in [2.75, 3.05) is 18.4 Å². The number of aryl methyl sites for hydroxylation is 2. The monoisotopic (exact) mass is 480 g/mol. The van der Waals surface area contributed by atoms with Crippen molar-refractivity contribution in [3.05, 3.63) is 53.0 Å². The minimum Gasteiger partial charge on any atom is -0.326 e. The summed E-state index contributed by atoms with van der Waals surface area (Å²) in [6.07, 6.45) is 6.07. The normalized spacial score (nSPS) is 15.1. The Morgan fingerprint density at radius 1 is 1.12 bits per heavy atom. The molecule has 1 aliphatic heterocycles. The summed E-state index contributed by atoms with van der Waals surface area (Å²) in [6.45, 7) is 4.86. The molecular weight excluding hydrogens is 452 g/mol. The van der Waals surface area contributed by atoms with Crippen LogP contribution in [0.5, 0.6) is 0 Å². The number of fused-ring (bicyclic) bond motifs is 1. The Hall–Kier alpha value is -3.29. The van der Waals surface area contributed by atoms with Crippen LogP contribution < -0.4 is 5.32 Å². The smallest absolute Gasteiger partial charge is 0.243 e. The lowest BCUT2D eigenvalue weighted by Crippen LogP contribution is -2.31. The Morgan fingerprint density at radius 3 is 2.44 bits per heavy atom. The molecule has 3 aromatic rings. The van der Waals surface area contributed by atoms with Crippen molar-refractivity contribution in [2.24, 2.45) is 0 Å². The molecule has 0 radical (unpaired) electrons. The molecule has 1 aliphatic rings. The van der Waals surface area contributed by atoms with Crippen LogP contribution in [0.15, 0.2) is 35.4 Å². The minimum atomic E-state index is -3.52. The Kier molecular flexibility index (Phi) is 6.95. The van der Waals surface area contributed by atoms with E-state index < -0.39 is 10.0 Å². The van der Waals surface area contributed by atoms with Gasteiger partial charge in [-0.05, 0) is 62.9 Å². The Balaban J connectivity index is 1.41. The summed E-state index contributed by atoms with van der Waals surface area (Å²) in [5.41, 5.74) is 4.00. The molecule has 178 valence electrons. The van der Waals surface area contributed by atoms with Crippen molar-refractivity contribution in [1.82, 2.24) is 18.9 Å². The Bertz CT molecular complexity index is 1350. The standard InChI is InChI=1S/C24H28N6O3S/c1-17-22(18(2)30-24(27-17)19(15-25)16-26-30)11-12-23(31)28-20-7-9-21(10-8-20)34(32,33)29-13-5-3-4-6-14-29/h7-10,16H,3-6,11-14H2,1-2H3,(H,28,31). The van der Waals surface area contributed by atoms with E-state index in [1.54, 1.807) is 33.1 Å². The van der Waals surface area contributed by atoms with Crippen LogP contribution >= 0.6 is 0 Å². The second-order valence-corrected chi connectivity index (χ2v) is 10.5. The number of amides is 1. The molecular formula is C24H28N6O3S. The van der Waals surface area contributed by atoms with E-state index in [2.05, 4.69) is 21.5 Å². The Morgan fingerprint density at radius 2 is 1.79 bits per heavy atom. The van der Waals surface area contributed by atoms with Crippen molar-refractivity contribution >= 4 is 27.3 Å². The molecule has 1 fully saturated rings. The molecule has 0 atom stereocenters. The summed E-state index contributed by atoms with van der Waals surface area (Å²) in [5.74, 6) is -0.180. The van der Waals surface area contributed by atoms with E-state index in [1.807, 2.05) is 13.8 Å². The van der Waals surface area contributed by atoms with Crippen molar-refractivity contribution in [1.29, 1.82) is 5.26 Å². The molecule has 0 unspecified atom stereocenters. The maximum atomic E-state index is 12.9. The SMILES string of the molecule is Cc1nc2c(C#N)cnn2c(C)c1CCC(=O)Nc1ccc(S(=O)(=O)N2CCCCCC2)cc1. The van der Waals surface area contributed by atoms with Gasteiger partial charge in [0, 0.05) is 36.6 Å². The number of benzene rings is 1. The molecule has 0 aliphatic carbocycles. The van der Waals surface area contributed by atoms with E-state index in [4.69, 9.17) is 0 Å². The van der Waals surface area contributed by atoms with Gasteiger partial charge in [0.15, 0.2) is 5.65 Å². The quantitative estimate of drug-likeness (QED) is 0.578. The number of nitrogens with zero attached hydrogens (tertiary/aromatic N) is 5. The highest BCUT2D eigenvalue weighted by Gasteiger charge is 2.25. The lowest BCUT2D eigenvalue weighted by atomic mass is 10.1. The van der Waals surface area contributed by atoms with Crippen LogP contribution in [-0.2, 0) is 21.2 Å². The summed E-state index contributed by atoms with van der Waals surface area (Å²) in [6, 6.07) is 8.43. The number of nitriles is 1. The molecule has 10 heteroatoms. The lowest BCUT2D eigenvalue weighted by molar-refractivity contribution is -0.116. The minimum absolute atomic E-state index is 0.180. The van der Waals surface area contributed by atoms with Gasteiger partial charge in [-0.3, -0.25) is 4.79 Å². The third-order valence-corrected chi connectivity index (χ3v) is 8.18. The summed E-state index contributed by atoms with van der Waals surface area (Å²) in [4.78, 5) is 17.3. The van der Waals surface area contributed by atoms with Gasteiger partial charge in [-0.15, -0.1) is 0 Å². The number of carbonyl (C=O) groups excluding carboxylic acids is 1. The molecule has 0 saturated carbocycles. The van der Waals surface area contributed by atoms with Crippen LogP contribution in [0.25, 0.3) is 5.65 Å². The molecule has 1 amide bonds. The first-order chi connectivity index (χ1) is 16.3. The molecule has 9 nitrogen and oxygen atoms in total. The molecule has 1 aromatic carbocycles. The first kappa shape index (κ1) is 23.9. The third-order valence-electron chi connectivity index (χ3n) is 6.27. The summed E-state index contributed by atoms with van der Waals surface area (Å²) < 4.78 is 29.0. The molecule has 2 aromatic heterocycles. The van der Waals surface area contributed by atoms with Crippen LogP contribution in [0.2, 0.25) is 0 Å². The van der Waals surface area contributed by atoms with E-state index >= 15 is 0 Å². The predicted octanol–water partition coefficient (Wildman–Crippen LogP) is 3.35. The molecule has 3 heterocycles. The highest BCUT2D eigenvalue weighted by Crippen LogP contribution is 2.22. The van der Waals surface area contributed by atoms with E-state index in [9.17, 15) is 18.5 Å². The zero-order valence-corrected chi connectivity index (χ0v) is 20.2. The largest absolute Gasteiger partial charge is 0.326 e. The predicted molar refractivity (Wildman–Crippen MR) is 128 cm³/mol. The summed E-state index contributed by atoms with van der Waals surface area (Å²) >= 11 is 0. The fraction of sp³-hybridized carbons (Fsp3) is 0.417. The van der Waals surface area contributed by atoms with Crippen molar-refractivity contribution in [3.8, 4) is 6.07 Å². The molecule has 34 heavy (non-hydrogen) atoms. The van der Waals surface area contributed by atoms with Gasteiger partial charge in [-0.1, -0.05) is 12.8 Å². The third kappa shape index (κ3) is 4.81. The van der Waals surface area contributed by atoms with E-state index in [0.717, 1.165) is 42.6 Å². The van der Waals surface area contributed by atoms with Crippen molar-refractivity contribution in [2.45, 2.75) is 57.3 Å². The topological polar surface area (TPSA) is 120 Å². The number of aromatic nitrogens is 3. The fourth-order valence-electron chi connectivity index (χ4n) is 4.36. The highest BCUT2D eigenvalue weighted by atomic mass is 32.2. The zero-order valence-electron chi connectivity index (χ0n) is 19.4. The second kappa shape index (κ2) is 9.91. The first-order valence-electron chi connectivity index (χ1n) is 11.4. The first-order valence-corrected chi connectivity index (χ1v) is 12.9. The van der Waals surface area contributed by atoms with Crippen LogP contribution in [0, 0.1) is 25.2 Å². The van der Waals surface area contributed by atoms with E-state index in [0.29, 0.717) is 36.4 Å². The number of hydrogen-bond acceptors (Lipinski definition) is 6. The highest BCUT2D eigenvalue weighted by molar-refractivity contribution is 7.89. The molecule has 0 spiro atoms. The zero-order chi connectivity index (χ0) is 24.3. The van der Waals surface area contributed by atoms with E-state index in [1.165, 1.54) is 6.20 Å². The van der Waals surface area contributed by atoms with Gasteiger partial charge >= 0.3 is 0 Å². The average molecular weight is 481 g/mol. The van der Waals surface area contributed by atoms with Crippen LogP contribution in [0.1, 0.15) is 54.6 Å². The van der Waals surface area contributed by atoms with Crippen molar-refractivity contribution < 1.29 is 13.2 Å². The molecule has 1 saturated heterocycles. The van der Waals surface area contributed by atoms with Gasteiger partial charge in [0.1, 0.15) is 11.6 Å². The van der Waals surface area contributed by atoms with Gasteiger partial charge in [0.2, 0.25) is 15.9 Å². The molecule has 4 rings (SSSR count). The van der Waals surface area contributed by atoms with Gasteiger partial charge in [0.05, 0.1) is 11.1 Å². The fourth-order valence-corrected chi connectivity index (χ4v) is 5.87. The number of sulfonamides is 1. The number of carbonyl (C=O) groups is 1. The van der Waals surface area contributed by atoms with Gasteiger partial charge in [-0.2, -0.15) is 14.7 Å². The number of rotatable bonds is 6. The van der Waals surface area contributed by atoms with Gasteiger partial charge in [-0.25, -0.2) is 17.9 Å². The summed E-state index contributed by atoms with van der Waals surface area (Å²) in [7, 11) is -3.52. The van der Waals surface area contributed by atoms with Crippen LogP contribution in [-0.4, -0.2) is 46.3 Å². The maximum Gasteiger partial charge on any atom is 0.243 e. The van der Waals surface area contributed by atoms with Gasteiger partial charge in [0.25, 0.3) is 0 Å². The van der Waals surface area contributed by atoms with Gasteiger partial charge < -0.3 is 5.32 Å². The average Bonchev–Trinajstić information content (AvgIpc) is 3.02.